The third-order valence-corrected chi connectivity index (χ3v) is 1.64. The number of hydrogen-bond donors (Lipinski definition) is 1. The summed E-state index contributed by atoms with van der Waals surface area (Å²) < 4.78 is 2.03. The number of aromatic nitrogens is 4. The summed E-state index contributed by atoms with van der Waals surface area (Å²) in [6.45, 7) is 0. The van der Waals surface area contributed by atoms with Crippen LogP contribution in [0, 0.1) is 0 Å². The fourth-order valence-electron chi connectivity index (χ4n) is 0.984. The van der Waals surface area contributed by atoms with Crippen molar-refractivity contribution in [3.8, 4) is 0 Å². The standard InChI is InChI=1S/C8H7N5O2/c14-7(12-5-1-3-9-12)11-8(15)13-6-2-4-10-13/h1-6H,(H,11,14,15). The summed E-state index contributed by atoms with van der Waals surface area (Å²) in [5, 5.41) is 9.45. The molecule has 0 unspecified atom stereocenters. The Hall–Kier alpha value is -2.44. The van der Waals surface area contributed by atoms with Crippen molar-refractivity contribution in [1.82, 2.24) is 24.9 Å². The van der Waals surface area contributed by atoms with Gasteiger partial charge >= 0.3 is 12.1 Å². The van der Waals surface area contributed by atoms with Gasteiger partial charge in [0.1, 0.15) is 0 Å². The average molecular weight is 205 g/mol. The molecular weight excluding hydrogens is 198 g/mol. The lowest BCUT2D eigenvalue weighted by Crippen LogP contribution is -2.37. The maximum absolute atomic E-state index is 11.3. The molecule has 15 heavy (non-hydrogen) atoms. The summed E-state index contributed by atoms with van der Waals surface area (Å²) in [6, 6.07) is 1.91. The molecule has 0 atom stereocenters. The number of carbonyl (C=O) groups excluding carboxylic acids is 2. The van der Waals surface area contributed by atoms with E-state index in [9.17, 15) is 9.59 Å². The Labute approximate surface area is 84.3 Å². The molecule has 0 bridgehead atoms. The number of nitrogens with one attached hydrogen (secondary N) is 1. The van der Waals surface area contributed by atoms with Crippen molar-refractivity contribution >= 4 is 12.1 Å². The van der Waals surface area contributed by atoms with E-state index in [1.165, 1.54) is 24.8 Å². The Morgan fingerprint density at radius 3 is 1.73 bits per heavy atom. The fraction of sp³-hybridized carbons (Fsp3) is 0. The van der Waals surface area contributed by atoms with Gasteiger partial charge in [0.2, 0.25) is 0 Å². The van der Waals surface area contributed by atoms with E-state index in [0.29, 0.717) is 0 Å². The summed E-state index contributed by atoms with van der Waals surface area (Å²) in [7, 11) is 0. The van der Waals surface area contributed by atoms with Gasteiger partial charge in [-0.1, -0.05) is 0 Å². The molecule has 0 spiro atoms. The first-order valence-corrected chi connectivity index (χ1v) is 4.12. The van der Waals surface area contributed by atoms with Crippen molar-refractivity contribution in [2.24, 2.45) is 0 Å². The zero-order valence-corrected chi connectivity index (χ0v) is 7.57. The smallest absolute Gasteiger partial charge is 0.256 e. The van der Waals surface area contributed by atoms with Crippen molar-refractivity contribution < 1.29 is 9.59 Å². The Bertz CT molecular complexity index is 415. The maximum atomic E-state index is 11.3. The fourth-order valence-corrected chi connectivity index (χ4v) is 0.984. The molecule has 0 saturated heterocycles. The molecule has 2 aromatic heterocycles. The van der Waals surface area contributed by atoms with E-state index in [2.05, 4.69) is 15.5 Å². The lowest BCUT2D eigenvalue weighted by atomic mass is 10.7. The maximum Gasteiger partial charge on any atom is 0.350 e. The molecule has 2 heterocycles. The van der Waals surface area contributed by atoms with E-state index in [1.807, 2.05) is 0 Å². The molecule has 76 valence electrons. The Balaban J connectivity index is 2.04. The number of hydrogen-bond acceptors (Lipinski definition) is 4. The normalized spacial score (nSPS) is 9.87. The van der Waals surface area contributed by atoms with Crippen LogP contribution in [0.4, 0.5) is 9.59 Å². The molecule has 0 aromatic carbocycles. The monoisotopic (exact) mass is 205 g/mol. The summed E-state index contributed by atoms with van der Waals surface area (Å²) in [5.74, 6) is 0. The largest absolute Gasteiger partial charge is 0.350 e. The molecule has 0 aliphatic carbocycles. The zero-order valence-electron chi connectivity index (χ0n) is 7.57. The summed E-state index contributed by atoms with van der Waals surface area (Å²) in [6.07, 6.45) is 5.76. The van der Waals surface area contributed by atoms with Crippen LogP contribution in [-0.2, 0) is 0 Å². The molecular formula is C8H7N5O2. The molecule has 1 N–H and O–H groups in total. The van der Waals surface area contributed by atoms with Crippen molar-refractivity contribution in [2.75, 3.05) is 0 Å². The molecule has 0 saturated carbocycles. The quantitative estimate of drug-likeness (QED) is 0.670. The van der Waals surface area contributed by atoms with E-state index in [-0.39, 0.29) is 0 Å². The van der Waals surface area contributed by atoms with Crippen molar-refractivity contribution in [2.45, 2.75) is 0 Å². The van der Waals surface area contributed by atoms with Gasteiger partial charge in [0.15, 0.2) is 0 Å². The molecule has 7 nitrogen and oxygen atoms in total. The first kappa shape index (κ1) is 9.13. The molecule has 0 radical (unpaired) electrons. The average Bonchev–Trinajstić information content (AvgIpc) is 2.91. The van der Waals surface area contributed by atoms with E-state index >= 15 is 0 Å². The van der Waals surface area contributed by atoms with Crippen molar-refractivity contribution in [3.05, 3.63) is 36.9 Å². The van der Waals surface area contributed by atoms with E-state index in [4.69, 9.17) is 0 Å². The van der Waals surface area contributed by atoms with Crippen LogP contribution in [0.3, 0.4) is 0 Å². The highest BCUT2D eigenvalue weighted by molar-refractivity contribution is 5.94. The molecule has 0 aliphatic rings. The predicted octanol–water partition coefficient (Wildman–Crippen LogP) is 0.306. The molecule has 2 aromatic rings. The minimum absolute atomic E-state index is 0.625. The van der Waals surface area contributed by atoms with Gasteiger partial charge in [-0.3, -0.25) is 5.32 Å². The van der Waals surface area contributed by atoms with Gasteiger partial charge < -0.3 is 0 Å². The minimum Gasteiger partial charge on any atom is -0.256 e. The molecule has 2 rings (SSSR count). The molecule has 0 fully saturated rings. The van der Waals surface area contributed by atoms with Gasteiger partial charge in [0.05, 0.1) is 0 Å². The summed E-state index contributed by atoms with van der Waals surface area (Å²) >= 11 is 0. The number of amides is 2. The second-order valence-corrected chi connectivity index (χ2v) is 2.64. The number of rotatable bonds is 0. The highest BCUT2D eigenvalue weighted by Crippen LogP contribution is 1.87. The first-order chi connectivity index (χ1) is 7.27. The van der Waals surface area contributed by atoms with Gasteiger partial charge in [0.25, 0.3) is 0 Å². The van der Waals surface area contributed by atoms with Crippen molar-refractivity contribution in [3.63, 3.8) is 0 Å². The summed E-state index contributed by atoms with van der Waals surface area (Å²) in [4.78, 5) is 22.7. The SMILES string of the molecule is O=C(NC(=O)n1cccn1)n1cccn1. The van der Waals surface area contributed by atoms with E-state index in [1.54, 1.807) is 12.1 Å². The van der Waals surface area contributed by atoms with Gasteiger partial charge in [-0.15, -0.1) is 0 Å². The Morgan fingerprint density at radius 2 is 1.40 bits per heavy atom. The second-order valence-electron chi connectivity index (χ2n) is 2.64. The first-order valence-electron chi connectivity index (χ1n) is 4.12. The highest BCUT2D eigenvalue weighted by Gasteiger charge is 2.10. The highest BCUT2D eigenvalue weighted by atomic mass is 16.2. The predicted molar refractivity (Wildman–Crippen MR) is 49.2 cm³/mol. The Kier molecular flexibility index (Phi) is 2.28. The third-order valence-electron chi connectivity index (χ3n) is 1.64. The molecule has 2 amide bonds. The zero-order chi connectivity index (χ0) is 10.7. The second kappa shape index (κ2) is 3.74. The van der Waals surface area contributed by atoms with Crippen LogP contribution in [0.15, 0.2) is 36.9 Å². The van der Waals surface area contributed by atoms with Crippen LogP contribution < -0.4 is 5.32 Å². The summed E-state index contributed by atoms with van der Waals surface area (Å²) in [5.41, 5.74) is 0. The molecule has 0 aliphatic heterocycles. The number of carbonyl (C=O) groups is 2. The van der Waals surface area contributed by atoms with Crippen molar-refractivity contribution in [1.29, 1.82) is 0 Å². The minimum atomic E-state index is -0.625. The van der Waals surface area contributed by atoms with Crippen LogP contribution >= 0.6 is 0 Å². The van der Waals surface area contributed by atoms with Gasteiger partial charge in [-0.25, -0.2) is 9.59 Å². The number of nitrogens with zero attached hydrogens (tertiary/aromatic N) is 4. The van der Waals surface area contributed by atoms with Crippen LogP contribution in [-0.4, -0.2) is 31.6 Å². The van der Waals surface area contributed by atoms with E-state index < -0.39 is 12.1 Å². The van der Waals surface area contributed by atoms with Crippen LogP contribution in [0.5, 0.6) is 0 Å². The van der Waals surface area contributed by atoms with Crippen LogP contribution in [0.2, 0.25) is 0 Å². The van der Waals surface area contributed by atoms with Gasteiger partial charge in [-0.05, 0) is 12.1 Å². The van der Waals surface area contributed by atoms with Gasteiger partial charge in [0, 0.05) is 24.8 Å². The molecule has 7 heteroatoms. The van der Waals surface area contributed by atoms with E-state index in [0.717, 1.165) is 9.36 Å². The van der Waals surface area contributed by atoms with Gasteiger partial charge in [-0.2, -0.15) is 19.6 Å². The lowest BCUT2D eigenvalue weighted by molar-refractivity contribution is 0.225. The lowest BCUT2D eigenvalue weighted by Gasteiger charge is -2.02. The third kappa shape index (κ3) is 1.90. The number of imide groups is 1. The Morgan fingerprint density at radius 1 is 0.933 bits per heavy atom. The topological polar surface area (TPSA) is 81.8 Å². The van der Waals surface area contributed by atoms with Crippen LogP contribution in [0.25, 0.3) is 0 Å². The van der Waals surface area contributed by atoms with Crippen LogP contribution in [0.1, 0.15) is 0 Å².